The van der Waals surface area contributed by atoms with Crippen molar-refractivity contribution in [2.45, 2.75) is 18.3 Å². The van der Waals surface area contributed by atoms with E-state index < -0.39 is 0 Å². The zero-order valence-electron chi connectivity index (χ0n) is 18.1. The molecule has 1 aromatic heterocycles. The van der Waals surface area contributed by atoms with E-state index in [0.717, 1.165) is 35.1 Å². The largest absolute Gasteiger partial charge is 0.381 e. The number of rotatable bonds is 4. The number of aryl methyl sites for hydroxylation is 1. The SMILES string of the molecule is CN=C(NCC1(c2ccccc2Cl)CCOCC1)N1CCN(c2cnn(C)c2)C(=O)C1. The molecule has 8 nitrogen and oxygen atoms in total. The third kappa shape index (κ3) is 4.55. The topological polar surface area (TPSA) is 75.0 Å². The predicted octanol–water partition coefficient (Wildman–Crippen LogP) is 2.05. The highest BCUT2D eigenvalue weighted by molar-refractivity contribution is 6.31. The standard InChI is InChI=1S/C22H29ClN6O2/c1-24-21(28-9-10-29(20(30)15-28)17-13-26-27(2)14-17)25-16-22(7-11-31-12-8-22)18-5-3-4-6-19(18)23/h3-6,13-14H,7-12,15-16H2,1-2H3,(H,24,25). The van der Waals surface area contributed by atoms with Crippen LogP contribution in [0.5, 0.6) is 0 Å². The Morgan fingerprint density at radius 3 is 2.71 bits per heavy atom. The van der Waals surface area contributed by atoms with Gasteiger partial charge in [-0.3, -0.25) is 14.5 Å². The summed E-state index contributed by atoms with van der Waals surface area (Å²) < 4.78 is 7.34. The van der Waals surface area contributed by atoms with E-state index in [1.54, 1.807) is 22.8 Å². The normalized spacial score (nSPS) is 19.6. The number of carbonyl (C=O) groups excluding carboxylic acids is 1. The van der Waals surface area contributed by atoms with Gasteiger partial charge in [0.15, 0.2) is 5.96 Å². The molecule has 0 atom stereocenters. The van der Waals surface area contributed by atoms with Crippen LogP contribution in [0.3, 0.4) is 0 Å². The van der Waals surface area contributed by atoms with Crippen molar-refractivity contribution in [3.8, 4) is 0 Å². The van der Waals surface area contributed by atoms with Crippen LogP contribution in [-0.2, 0) is 22.0 Å². The van der Waals surface area contributed by atoms with Crippen LogP contribution in [0.2, 0.25) is 5.02 Å². The van der Waals surface area contributed by atoms with Crippen LogP contribution in [0, 0.1) is 0 Å². The van der Waals surface area contributed by atoms with Crippen molar-refractivity contribution in [1.29, 1.82) is 0 Å². The van der Waals surface area contributed by atoms with Gasteiger partial charge in [0.2, 0.25) is 5.91 Å². The van der Waals surface area contributed by atoms with Gasteiger partial charge in [-0.1, -0.05) is 29.8 Å². The molecule has 0 aliphatic carbocycles. The summed E-state index contributed by atoms with van der Waals surface area (Å²) in [5.41, 5.74) is 1.84. The molecular weight excluding hydrogens is 416 g/mol. The van der Waals surface area contributed by atoms with Gasteiger partial charge in [0.1, 0.15) is 6.54 Å². The Balaban J connectivity index is 1.45. The highest BCUT2D eigenvalue weighted by Gasteiger charge is 2.37. The first-order valence-electron chi connectivity index (χ1n) is 10.6. The van der Waals surface area contributed by atoms with Crippen molar-refractivity contribution in [2.24, 2.45) is 12.0 Å². The summed E-state index contributed by atoms with van der Waals surface area (Å²) >= 11 is 6.57. The van der Waals surface area contributed by atoms with E-state index in [1.807, 2.05) is 36.3 Å². The van der Waals surface area contributed by atoms with Gasteiger partial charge in [0.25, 0.3) is 0 Å². The van der Waals surface area contributed by atoms with Gasteiger partial charge in [-0.15, -0.1) is 0 Å². The molecule has 166 valence electrons. The number of aliphatic imine (C=N–C) groups is 1. The third-order valence-corrected chi connectivity index (χ3v) is 6.54. The monoisotopic (exact) mass is 444 g/mol. The number of aromatic nitrogens is 2. The maximum atomic E-state index is 12.8. The summed E-state index contributed by atoms with van der Waals surface area (Å²) in [5, 5.41) is 8.48. The van der Waals surface area contributed by atoms with Crippen LogP contribution in [0.25, 0.3) is 0 Å². The zero-order valence-corrected chi connectivity index (χ0v) is 18.8. The molecule has 0 saturated carbocycles. The number of nitrogens with zero attached hydrogens (tertiary/aromatic N) is 5. The van der Waals surface area contributed by atoms with Crippen molar-refractivity contribution in [2.75, 3.05) is 51.3 Å². The Morgan fingerprint density at radius 1 is 1.29 bits per heavy atom. The van der Waals surface area contributed by atoms with Crippen LogP contribution >= 0.6 is 11.6 Å². The Kier molecular flexibility index (Phi) is 6.48. The average Bonchev–Trinajstić information content (AvgIpc) is 3.21. The number of carbonyl (C=O) groups is 1. The van der Waals surface area contributed by atoms with Gasteiger partial charge >= 0.3 is 0 Å². The molecule has 2 saturated heterocycles. The summed E-state index contributed by atoms with van der Waals surface area (Å²) in [6, 6.07) is 8.04. The molecule has 0 bridgehead atoms. The first-order chi connectivity index (χ1) is 15.0. The molecule has 2 aromatic rings. The van der Waals surface area contributed by atoms with Crippen molar-refractivity contribution < 1.29 is 9.53 Å². The summed E-state index contributed by atoms with van der Waals surface area (Å²) in [5.74, 6) is 0.770. The second-order valence-corrected chi connectivity index (χ2v) is 8.52. The Labute approximate surface area is 187 Å². The zero-order chi connectivity index (χ0) is 21.8. The summed E-state index contributed by atoms with van der Waals surface area (Å²) in [6.45, 7) is 3.65. The van der Waals surface area contributed by atoms with Gasteiger partial charge < -0.3 is 19.9 Å². The summed E-state index contributed by atoms with van der Waals surface area (Å²) in [4.78, 5) is 21.0. The van der Waals surface area contributed by atoms with Gasteiger partial charge in [0.05, 0.1) is 11.9 Å². The second-order valence-electron chi connectivity index (χ2n) is 8.11. The number of hydrogen-bond donors (Lipinski definition) is 1. The molecular formula is C22H29ClN6O2. The fourth-order valence-corrected chi connectivity index (χ4v) is 4.79. The lowest BCUT2D eigenvalue weighted by atomic mass is 9.74. The number of hydrogen-bond acceptors (Lipinski definition) is 4. The Hall–Kier alpha value is -2.58. The molecule has 4 rings (SSSR count). The molecule has 2 fully saturated rings. The van der Waals surface area contributed by atoms with Crippen LogP contribution < -0.4 is 10.2 Å². The molecule has 2 aliphatic heterocycles. The molecule has 9 heteroatoms. The molecule has 0 unspecified atom stereocenters. The molecule has 0 radical (unpaired) electrons. The van der Waals surface area contributed by atoms with Crippen molar-refractivity contribution in [3.63, 3.8) is 0 Å². The number of halogens is 1. The van der Waals surface area contributed by atoms with Crippen LogP contribution in [0.15, 0.2) is 41.7 Å². The molecule has 3 heterocycles. The Morgan fingerprint density at radius 2 is 2.06 bits per heavy atom. The lowest BCUT2D eigenvalue weighted by molar-refractivity contribution is -0.120. The predicted molar refractivity (Wildman–Crippen MR) is 122 cm³/mol. The number of nitrogens with one attached hydrogen (secondary N) is 1. The highest BCUT2D eigenvalue weighted by atomic mass is 35.5. The van der Waals surface area contributed by atoms with Crippen LogP contribution in [0.1, 0.15) is 18.4 Å². The minimum Gasteiger partial charge on any atom is -0.381 e. The van der Waals surface area contributed by atoms with Crippen molar-refractivity contribution in [3.05, 3.63) is 47.2 Å². The highest BCUT2D eigenvalue weighted by Crippen LogP contribution is 2.38. The lowest BCUT2D eigenvalue weighted by Crippen LogP contribution is -2.57. The minimum atomic E-state index is -0.131. The van der Waals surface area contributed by atoms with E-state index in [1.165, 1.54) is 0 Å². The van der Waals surface area contributed by atoms with Crippen molar-refractivity contribution in [1.82, 2.24) is 20.0 Å². The van der Waals surface area contributed by atoms with E-state index in [0.29, 0.717) is 32.8 Å². The van der Waals surface area contributed by atoms with Gasteiger partial charge in [0, 0.05) is 63.6 Å². The minimum absolute atomic E-state index is 0.0362. The number of amides is 1. The summed E-state index contributed by atoms with van der Waals surface area (Å²) in [6.07, 6.45) is 5.35. The average molecular weight is 445 g/mol. The molecule has 1 aromatic carbocycles. The lowest BCUT2D eigenvalue weighted by Gasteiger charge is -2.40. The van der Waals surface area contributed by atoms with E-state index in [9.17, 15) is 4.79 Å². The van der Waals surface area contributed by atoms with Gasteiger partial charge in [-0.05, 0) is 24.5 Å². The second kappa shape index (κ2) is 9.28. The van der Waals surface area contributed by atoms with E-state index in [4.69, 9.17) is 16.3 Å². The fourth-order valence-electron chi connectivity index (χ4n) is 4.45. The quantitative estimate of drug-likeness (QED) is 0.577. The first kappa shape index (κ1) is 21.6. The third-order valence-electron chi connectivity index (χ3n) is 6.21. The van der Waals surface area contributed by atoms with E-state index in [-0.39, 0.29) is 17.9 Å². The van der Waals surface area contributed by atoms with Crippen LogP contribution in [0.4, 0.5) is 5.69 Å². The molecule has 31 heavy (non-hydrogen) atoms. The Bertz CT molecular complexity index is 953. The number of guanidine groups is 1. The van der Waals surface area contributed by atoms with Gasteiger partial charge in [-0.25, -0.2) is 0 Å². The van der Waals surface area contributed by atoms with Crippen molar-refractivity contribution >= 4 is 29.2 Å². The molecule has 1 amide bonds. The van der Waals surface area contributed by atoms with Gasteiger partial charge in [-0.2, -0.15) is 5.10 Å². The van der Waals surface area contributed by atoms with Crippen LogP contribution in [-0.4, -0.2) is 73.0 Å². The number of ether oxygens (including phenoxy) is 1. The maximum Gasteiger partial charge on any atom is 0.246 e. The number of anilines is 1. The smallest absolute Gasteiger partial charge is 0.246 e. The van der Waals surface area contributed by atoms with E-state index in [2.05, 4.69) is 21.5 Å². The number of piperazine rings is 1. The van der Waals surface area contributed by atoms with E-state index >= 15 is 0 Å². The maximum absolute atomic E-state index is 12.8. The molecule has 1 N–H and O–H groups in total. The molecule has 0 spiro atoms. The fraction of sp³-hybridized carbons (Fsp3) is 0.500. The summed E-state index contributed by atoms with van der Waals surface area (Å²) in [7, 11) is 3.60. The number of benzene rings is 1. The first-order valence-corrected chi connectivity index (χ1v) is 11.0. The molecule has 2 aliphatic rings.